The van der Waals surface area contributed by atoms with Crippen LogP contribution < -0.4 is 16.6 Å². The molecular weight excluding hydrogens is 497 g/mol. The molecular formula is C21H14F5N5O3S. The summed E-state index contributed by atoms with van der Waals surface area (Å²) in [5.41, 5.74) is -3.11. The molecule has 4 rings (SSSR count). The van der Waals surface area contributed by atoms with Gasteiger partial charge >= 0.3 is 11.9 Å². The number of thiazole rings is 1. The Kier molecular flexibility index (Phi) is 6.00. The molecule has 1 aromatic carbocycles. The van der Waals surface area contributed by atoms with Crippen LogP contribution in [0.3, 0.4) is 0 Å². The standard InChI is InChI=1S/C21H14F5N5O3S/c1-30-13-7-27-6-9(15(13)18(33)31(2)20(30)34)5-14(32)29-19-28-12(8-35-19)10-3-4-11(21(24,25)26)17(23)16(10)22/h3-4,6-8H,5H2,1-2H3,(H,28,29,32). The van der Waals surface area contributed by atoms with Crippen molar-refractivity contribution in [1.82, 2.24) is 19.1 Å². The van der Waals surface area contributed by atoms with Crippen LogP contribution in [-0.2, 0) is 31.5 Å². The summed E-state index contributed by atoms with van der Waals surface area (Å²) >= 11 is 0.840. The zero-order valence-electron chi connectivity index (χ0n) is 17.9. The van der Waals surface area contributed by atoms with Crippen molar-refractivity contribution in [2.75, 3.05) is 5.32 Å². The van der Waals surface area contributed by atoms with Crippen LogP contribution in [0.4, 0.5) is 27.1 Å². The van der Waals surface area contributed by atoms with E-state index in [1.807, 2.05) is 0 Å². The smallest absolute Gasteiger partial charge is 0.302 e. The fourth-order valence-corrected chi connectivity index (χ4v) is 4.19. The number of carbonyl (C=O) groups excluding carboxylic acids is 1. The summed E-state index contributed by atoms with van der Waals surface area (Å²) in [5, 5.41) is 3.78. The number of carbonyl (C=O) groups is 1. The third-order valence-electron chi connectivity index (χ3n) is 5.22. The minimum atomic E-state index is -5.06. The first-order chi connectivity index (χ1) is 16.4. The summed E-state index contributed by atoms with van der Waals surface area (Å²) in [7, 11) is 2.75. The molecule has 0 fully saturated rings. The number of anilines is 1. The van der Waals surface area contributed by atoms with E-state index in [9.17, 15) is 36.3 Å². The molecule has 3 aromatic heterocycles. The lowest BCUT2D eigenvalue weighted by Crippen LogP contribution is -2.37. The zero-order valence-corrected chi connectivity index (χ0v) is 18.7. The van der Waals surface area contributed by atoms with Crippen molar-refractivity contribution in [2.45, 2.75) is 12.6 Å². The molecule has 182 valence electrons. The lowest BCUT2D eigenvalue weighted by atomic mass is 10.1. The highest BCUT2D eigenvalue weighted by molar-refractivity contribution is 7.14. The Morgan fingerprint density at radius 2 is 1.80 bits per heavy atom. The van der Waals surface area contributed by atoms with E-state index < -0.39 is 46.1 Å². The van der Waals surface area contributed by atoms with Crippen LogP contribution in [0.15, 0.2) is 39.5 Å². The molecule has 1 amide bonds. The number of halogens is 5. The van der Waals surface area contributed by atoms with Gasteiger partial charge in [0.2, 0.25) is 5.91 Å². The minimum absolute atomic E-state index is 0.0294. The summed E-state index contributed by atoms with van der Waals surface area (Å²) in [6.07, 6.45) is -2.75. The van der Waals surface area contributed by atoms with Crippen molar-refractivity contribution in [3.8, 4) is 11.3 Å². The van der Waals surface area contributed by atoms with Crippen LogP contribution in [0.5, 0.6) is 0 Å². The van der Waals surface area contributed by atoms with Crippen molar-refractivity contribution in [1.29, 1.82) is 0 Å². The van der Waals surface area contributed by atoms with Crippen LogP contribution in [0.1, 0.15) is 11.1 Å². The van der Waals surface area contributed by atoms with Crippen LogP contribution in [0, 0.1) is 11.6 Å². The van der Waals surface area contributed by atoms with Gasteiger partial charge in [-0.3, -0.25) is 23.7 Å². The molecule has 0 aliphatic carbocycles. The number of alkyl halides is 3. The maximum atomic E-state index is 14.3. The van der Waals surface area contributed by atoms with E-state index in [1.165, 1.54) is 36.4 Å². The van der Waals surface area contributed by atoms with Crippen molar-refractivity contribution in [3.05, 3.63) is 73.5 Å². The Balaban J connectivity index is 1.60. The minimum Gasteiger partial charge on any atom is -0.302 e. The van der Waals surface area contributed by atoms with Gasteiger partial charge in [-0.25, -0.2) is 18.6 Å². The Morgan fingerprint density at radius 3 is 2.49 bits per heavy atom. The highest BCUT2D eigenvalue weighted by Crippen LogP contribution is 2.36. The number of pyridine rings is 1. The summed E-state index contributed by atoms with van der Waals surface area (Å²) in [5.74, 6) is -4.39. The van der Waals surface area contributed by atoms with Crippen molar-refractivity contribution >= 4 is 33.3 Å². The fourth-order valence-electron chi connectivity index (χ4n) is 3.47. The molecule has 0 aliphatic rings. The number of aryl methyl sites for hydroxylation is 1. The first-order valence-corrected chi connectivity index (χ1v) is 10.6. The molecule has 0 atom stereocenters. The van der Waals surface area contributed by atoms with E-state index in [-0.39, 0.29) is 33.7 Å². The molecule has 0 aliphatic heterocycles. The topological polar surface area (TPSA) is 98.9 Å². The van der Waals surface area contributed by atoms with E-state index in [0.717, 1.165) is 22.0 Å². The number of hydrogen-bond donors (Lipinski definition) is 1. The molecule has 8 nitrogen and oxygen atoms in total. The maximum absolute atomic E-state index is 14.3. The number of fused-ring (bicyclic) bond motifs is 1. The Bertz CT molecular complexity index is 1610. The molecule has 0 unspecified atom stereocenters. The second-order valence-electron chi connectivity index (χ2n) is 7.45. The Hall–Kier alpha value is -3.94. The molecule has 4 aromatic rings. The van der Waals surface area contributed by atoms with Gasteiger partial charge in [-0.2, -0.15) is 13.2 Å². The molecule has 14 heteroatoms. The van der Waals surface area contributed by atoms with Gasteiger partial charge in [-0.05, 0) is 17.7 Å². The van der Waals surface area contributed by atoms with E-state index in [4.69, 9.17) is 0 Å². The average Bonchev–Trinajstić information content (AvgIpc) is 3.24. The number of benzene rings is 1. The van der Waals surface area contributed by atoms with Gasteiger partial charge in [0.1, 0.15) is 0 Å². The largest absolute Gasteiger partial charge is 0.419 e. The van der Waals surface area contributed by atoms with Crippen LogP contribution in [0.2, 0.25) is 0 Å². The lowest BCUT2D eigenvalue weighted by Gasteiger charge is -2.10. The SMILES string of the molecule is Cn1c(=O)c2c(CC(=O)Nc3nc(-c4ccc(C(F)(F)F)c(F)c4F)cs3)cncc2n(C)c1=O. The van der Waals surface area contributed by atoms with E-state index in [2.05, 4.69) is 15.3 Å². The van der Waals surface area contributed by atoms with Gasteiger partial charge in [0.05, 0.1) is 34.8 Å². The summed E-state index contributed by atoms with van der Waals surface area (Å²) in [6.45, 7) is 0. The Morgan fingerprint density at radius 1 is 1.09 bits per heavy atom. The molecule has 0 spiro atoms. The third-order valence-corrected chi connectivity index (χ3v) is 5.98. The summed E-state index contributed by atoms with van der Waals surface area (Å²) in [4.78, 5) is 45.2. The van der Waals surface area contributed by atoms with Gasteiger partial charge in [0.25, 0.3) is 5.56 Å². The van der Waals surface area contributed by atoms with Gasteiger partial charge in [-0.1, -0.05) is 0 Å². The number of rotatable bonds is 4. The average molecular weight is 511 g/mol. The number of nitrogens with zero attached hydrogens (tertiary/aromatic N) is 4. The van der Waals surface area contributed by atoms with E-state index >= 15 is 0 Å². The lowest BCUT2D eigenvalue weighted by molar-refractivity contribution is -0.140. The molecule has 1 N–H and O–H groups in total. The molecule has 3 heterocycles. The van der Waals surface area contributed by atoms with Crippen molar-refractivity contribution < 1.29 is 26.7 Å². The van der Waals surface area contributed by atoms with Gasteiger partial charge in [-0.15, -0.1) is 11.3 Å². The molecule has 0 saturated heterocycles. The number of nitrogens with one attached hydrogen (secondary N) is 1. The van der Waals surface area contributed by atoms with E-state index in [1.54, 1.807) is 0 Å². The van der Waals surface area contributed by atoms with Crippen LogP contribution in [-0.4, -0.2) is 25.0 Å². The normalized spacial score (nSPS) is 11.7. The maximum Gasteiger partial charge on any atom is 0.419 e. The number of aromatic nitrogens is 4. The quantitative estimate of drug-likeness (QED) is 0.425. The van der Waals surface area contributed by atoms with Crippen molar-refractivity contribution in [3.63, 3.8) is 0 Å². The summed E-state index contributed by atoms with van der Waals surface area (Å²) < 4.78 is 68.6. The fraction of sp³-hybridized carbons (Fsp3) is 0.190. The molecule has 35 heavy (non-hydrogen) atoms. The number of amides is 1. The predicted octanol–water partition coefficient (Wildman–Crippen LogP) is 3.23. The zero-order chi connectivity index (χ0) is 25.7. The van der Waals surface area contributed by atoms with Gasteiger partial charge in [0, 0.05) is 31.2 Å². The monoisotopic (exact) mass is 511 g/mol. The van der Waals surface area contributed by atoms with Crippen molar-refractivity contribution in [2.24, 2.45) is 14.1 Å². The summed E-state index contributed by atoms with van der Waals surface area (Å²) in [6, 6.07) is 1.16. The predicted molar refractivity (Wildman–Crippen MR) is 117 cm³/mol. The highest BCUT2D eigenvalue weighted by atomic mass is 32.1. The van der Waals surface area contributed by atoms with Gasteiger partial charge < -0.3 is 5.32 Å². The van der Waals surface area contributed by atoms with Crippen LogP contribution >= 0.6 is 11.3 Å². The molecule has 0 bridgehead atoms. The Labute approximate surface area is 196 Å². The van der Waals surface area contributed by atoms with Gasteiger partial charge in [0.15, 0.2) is 16.8 Å². The second kappa shape index (κ2) is 8.69. The van der Waals surface area contributed by atoms with Crippen LogP contribution in [0.25, 0.3) is 22.2 Å². The highest BCUT2D eigenvalue weighted by Gasteiger charge is 2.36. The first-order valence-electron chi connectivity index (χ1n) is 9.73. The third kappa shape index (κ3) is 4.32. The molecule has 0 saturated carbocycles. The number of hydrogen-bond acceptors (Lipinski definition) is 6. The van der Waals surface area contributed by atoms with E-state index in [0.29, 0.717) is 6.07 Å². The first kappa shape index (κ1) is 24.2. The second-order valence-corrected chi connectivity index (χ2v) is 8.31. The molecule has 0 radical (unpaired) electrons.